The molecule has 0 bridgehead atoms. The molecular weight excluding hydrogens is 275 g/mol. The summed E-state index contributed by atoms with van der Waals surface area (Å²) in [7, 11) is -4.11. The van der Waals surface area contributed by atoms with Gasteiger partial charge in [0.1, 0.15) is 5.75 Å². The van der Waals surface area contributed by atoms with Gasteiger partial charge in [-0.2, -0.15) is 0 Å². The Morgan fingerprint density at radius 2 is 1.88 bits per heavy atom. The minimum absolute atomic E-state index is 0. The first-order valence-electron chi connectivity index (χ1n) is 4.80. The summed E-state index contributed by atoms with van der Waals surface area (Å²) in [5, 5.41) is 0.513. The van der Waals surface area contributed by atoms with Crippen molar-refractivity contribution in [3.8, 4) is 5.75 Å². The number of ether oxygens (including phenoxy) is 1. The third kappa shape index (κ3) is 8.02. The van der Waals surface area contributed by atoms with Crippen LogP contribution in [-0.2, 0) is 10.1 Å². The van der Waals surface area contributed by atoms with E-state index in [1.807, 2.05) is 0 Å². The Hall–Kier alpha value is 0.220. The SMILES string of the molecule is O=S(=O)([O-])CCCCOc1ccccc1Cl.[Na+]. The molecule has 0 aliphatic carbocycles. The molecule has 0 saturated heterocycles. The first-order valence-corrected chi connectivity index (χ1v) is 6.75. The van der Waals surface area contributed by atoms with Crippen LogP contribution in [0.4, 0.5) is 0 Å². The molecule has 0 spiro atoms. The predicted octanol–water partition coefficient (Wildman–Crippen LogP) is -0.952. The molecule has 0 amide bonds. The number of halogens is 1. The van der Waals surface area contributed by atoms with Crippen LogP contribution < -0.4 is 34.3 Å². The molecule has 1 aromatic rings. The molecule has 1 rings (SSSR count). The van der Waals surface area contributed by atoms with Gasteiger partial charge in [-0.15, -0.1) is 0 Å². The molecule has 4 nitrogen and oxygen atoms in total. The van der Waals surface area contributed by atoms with E-state index in [-0.39, 0.29) is 35.3 Å². The molecule has 90 valence electrons. The summed E-state index contributed by atoms with van der Waals surface area (Å²) < 4.78 is 36.2. The molecular formula is C10H12ClNaO4S. The van der Waals surface area contributed by atoms with Crippen molar-refractivity contribution in [2.24, 2.45) is 0 Å². The third-order valence-corrected chi connectivity index (χ3v) is 2.98. The zero-order chi connectivity index (χ0) is 12.0. The van der Waals surface area contributed by atoms with Gasteiger partial charge in [0.15, 0.2) is 0 Å². The van der Waals surface area contributed by atoms with Crippen LogP contribution in [0.1, 0.15) is 12.8 Å². The molecule has 0 aliphatic heterocycles. The standard InChI is InChI=1S/C10H13ClO4S.Na/c11-9-5-1-2-6-10(9)15-7-3-4-8-16(12,13)14;/h1-2,5-6H,3-4,7-8H2,(H,12,13,14);/q;+1/p-1. The summed E-state index contributed by atoms with van der Waals surface area (Å²) in [4.78, 5) is 0. The fourth-order valence-corrected chi connectivity index (χ4v) is 1.87. The summed E-state index contributed by atoms with van der Waals surface area (Å²) in [6.45, 7) is 0.346. The van der Waals surface area contributed by atoms with Crippen molar-refractivity contribution in [2.75, 3.05) is 12.4 Å². The summed E-state index contributed by atoms with van der Waals surface area (Å²) in [6.07, 6.45) is 0.809. The number of hydrogen-bond acceptors (Lipinski definition) is 4. The second kappa shape index (κ2) is 8.34. The minimum Gasteiger partial charge on any atom is -0.748 e. The molecule has 17 heavy (non-hydrogen) atoms. The number of rotatable bonds is 6. The van der Waals surface area contributed by atoms with Crippen molar-refractivity contribution in [1.82, 2.24) is 0 Å². The summed E-state index contributed by atoms with van der Waals surface area (Å²) in [5.41, 5.74) is 0. The molecule has 0 fully saturated rings. The zero-order valence-electron chi connectivity index (χ0n) is 9.56. The van der Waals surface area contributed by atoms with E-state index in [0.717, 1.165) is 0 Å². The summed E-state index contributed by atoms with van der Waals surface area (Å²) >= 11 is 5.84. The van der Waals surface area contributed by atoms with Gasteiger partial charge in [-0.3, -0.25) is 0 Å². The molecule has 0 atom stereocenters. The van der Waals surface area contributed by atoms with Crippen LogP contribution >= 0.6 is 11.6 Å². The average Bonchev–Trinajstić information content (AvgIpc) is 2.18. The molecule has 0 saturated carbocycles. The van der Waals surface area contributed by atoms with Crippen LogP contribution in [-0.4, -0.2) is 25.3 Å². The third-order valence-electron chi connectivity index (χ3n) is 1.88. The van der Waals surface area contributed by atoms with E-state index < -0.39 is 10.1 Å². The van der Waals surface area contributed by atoms with Gasteiger partial charge in [-0.1, -0.05) is 23.7 Å². The van der Waals surface area contributed by atoms with Gasteiger partial charge in [0.2, 0.25) is 0 Å². The maximum atomic E-state index is 10.3. The topological polar surface area (TPSA) is 66.4 Å². The molecule has 7 heteroatoms. The van der Waals surface area contributed by atoms with E-state index in [0.29, 0.717) is 30.2 Å². The zero-order valence-corrected chi connectivity index (χ0v) is 13.1. The van der Waals surface area contributed by atoms with Gasteiger partial charge in [-0.05, 0) is 25.0 Å². The van der Waals surface area contributed by atoms with Crippen LogP contribution in [0.3, 0.4) is 0 Å². The second-order valence-corrected chi connectivity index (χ2v) is 5.18. The summed E-state index contributed by atoms with van der Waals surface area (Å²) in [6, 6.07) is 7.02. The van der Waals surface area contributed by atoms with Crippen molar-refractivity contribution >= 4 is 21.7 Å². The first kappa shape index (κ1) is 17.2. The van der Waals surface area contributed by atoms with Crippen molar-refractivity contribution < 1.29 is 47.3 Å². The van der Waals surface area contributed by atoms with Crippen LogP contribution in [0.15, 0.2) is 24.3 Å². The van der Waals surface area contributed by atoms with E-state index in [1.54, 1.807) is 24.3 Å². The number of para-hydroxylation sites is 1. The van der Waals surface area contributed by atoms with Gasteiger partial charge in [-0.25, -0.2) is 8.42 Å². The normalized spacial score (nSPS) is 10.7. The molecule has 1 aromatic carbocycles. The Labute approximate surface area is 128 Å². The van der Waals surface area contributed by atoms with E-state index in [4.69, 9.17) is 16.3 Å². The average molecular weight is 287 g/mol. The molecule has 0 radical (unpaired) electrons. The quantitative estimate of drug-likeness (QED) is 0.384. The number of unbranched alkanes of at least 4 members (excludes halogenated alkanes) is 1. The Kier molecular flexibility index (Phi) is 8.45. The van der Waals surface area contributed by atoms with Crippen molar-refractivity contribution in [1.29, 1.82) is 0 Å². The van der Waals surface area contributed by atoms with Crippen LogP contribution in [0.5, 0.6) is 5.75 Å². The van der Waals surface area contributed by atoms with Gasteiger partial charge < -0.3 is 9.29 Å². The fourth-order valence-electron chi connectivity index (χ4n) is 1.12. The van der Waals surface area contributed by atoms with Crippen molar-refractivity contribution in [2.45, 2.75) is 12.8 Å². The summed E-state index contributed by atoms with van der Waals surface area (Å²) in [5.74, 6) is 0.216. The fraction of sp³-hybridized carbons (Fsp3) is 0.400. The Morgan fingerprint density at radius 1 is 1.24 bits per heavy atom. The van der Waals surface area contributed by atoms with Crippen LogP contribution in [0.2, 0.25) is 5.02 Å². The van der Waals surface area contributed by atoms with E-state index in [2.05, 4.69) is 0 Å². The Morgan fingerprint density at radius 3 is 2.47 bits per heavy atom. The molecule has 0 aromatic heterocycles. The van der Waals surface area contributed by atoms with Crippen LogP contribution in [0.25, 0.3) is 0 Å². The van der Waals surface area contributed by atoms with Gasteiger partial charge in [0.25, 0.3) is 0 Å². The molecule has 0 unspecified atom stereocenters. The van der Waals surface area contributed by atoms with Gasteiger partial charge >= 0.3 is 29.6 Å². The van der Waals surface area contributed by atoms with Gasteiger partial charge in [0.05, 0.1) is 21.7 Å². The molecule has 0 N–H and O–H groups in total. The second-order valence-electron chi connectivity index (χ2n) is 3.25. The molecule has 0 heterocycles. The Balaban J connectivity index is 0.00000256. The maximum absolute atomic E-state index is 10.3. The first-order chi connectivity index (χ1) is 7.49. The van der Waals surface area contributed by atoms with E-state index in [1.165, 1.54) is 0 Å². The van der Waals surface area contributed by atoms with E-state index in [9.17, 15) is 13.0 Å². The van der Waals surface area contributed by atoms with E-state index >= 15 is 0 Å². The monoisotopic (exact) mass is 286 g/mol. The largest absolute Gasteiger partial charge is 1.00 e. The van der Waals surface area contributed by atoms with Gasteiger partial charge in [0, 0.05) is 5.75 Å². The molecule has 0 aliphatic rings. The van der Waals surface area contributed by atoms with Crippen molar-refractivity contribution in [3.63, 3.8) is 0 Å². The Bertz CT molecular complexity index is 436. The van der Waals surface area contributed by atoms with Crippen molar-refractivity contribution in [3.05, 3.63) is 29.3 Å². The predicted molar refractivity (Wildman–Crippen MR) is 60.7 cm³/mol. The number of hydrogen-bond donors (Lipinski definition) is 0. The maximum Gasteiger partial charge on any atom is 1.00 e. The number of benzene rings is 1. The minimum atomic E-state index is -4.11. The van der Waals surface area contributed by atoms with Crippen LogP contribution in [0, 0.1) is 0 Å². The smallest absolute Gasteiger partial charge is 0.748 e.